The van der Waals surface area contributed by atoms with E-state index in [-0.39, 0.29) is 5.56 Å². The molecule has 0 aromatic heterocycles. The van der Waals surface area contributed by atoms with Crippen LogP contribution in [0.1, 0.15) is 10.4 Å². The zero-order valence-corrected chi connectivity index (χ0v) is 9.61. The summed E-state index contributed by atoms with van der Waals surface area (Å²) >= 11 is 0. The quantitative estimate of drug-likeness (QED) is 0.647. The second-order valence-corrected chi connectivity index (χ2v) is 3.54. The maximum absolute atomic E-state index is 12.3. The van der Waals surface area contributed by atoms with Crippen molar-refractivity contribution in [3.63, 3.8) is 0 Å². The van der Waals surface area contributed by atoms with Gasteiger partial charge in [0.05, 0.1) is 30.6 Å². The number of carbonyl (C=O) groups is 1. The molecule has 0 atom stereocenters. The number of anilines is 2. The first kappa shape index (κ1) is 13.2. The number of halogens is 2. The minimum Gasteiger partial charge on any atom is -0.465 e. The Hall–Kier alpha value is -1.85. The number of alkyl halides is 2. The van der Waals surface area contributed by atoms with Gasteiger partial charge in [-0.25, -0.2) is 13.6 Å². The molecule has 1 rings (SSSR count). The standard InChI is InChI=1S/C11H14F2N2O2/c1-15(6-10(12)13)9-5-7(11(16)17-2)3-4-8(9)14/h3-5,10H,6,14H2,1-2H3. The number of nitrogens with zero attached hydrogens (tertiary/aromatic N) is 1. The topological polar surface area (TPSA) is 55.6 Å². The highest BCUT2D eigenvalue weighted by Gasteiger charge is 2.14. The number of methoxy groups -OCH3 is 1. The van der Waals surface area contributed by atoms with Gasteiger partial charge < -0.3 is 15.4 Å². The van der Waals surface area contributed by atoms with Crippen LogP contribution in [0.4, 0.5) is 20.2 Å². The molecular formula is C11H14F2N2O2. The van der Waals surface area contributed by atoms with E-state index in [4.69, 9.17) is 5.73 Å². The fraction of sp³-hybridized carbons (Fsp3) is 0.364. The summed E-state index contributed by atoms with van der Waals surface area (Å²) in [6.07, 6.45) is -2.47. The van der Waals surface area contributed by atoms with Crippen molar-refractivity contribution >= 4 is 17.3 Å². The predicted molar refractivity (Wildman–Crippen MR) is 61.5 cm³/mol. The molecule has 17 heavy (non-hydrogen) atoms. The Morgan fingerprint density at radius 3 is 2.71 bits per heavy atom. The molecule has 0 saturated carbocycles. The van der Waals surface area contributed by atoms with E-state index in [1.165, 1.54) is 37.3 Å². The van der Waals surface area contributed by atoms with E-state index in [9.17, 15) is 13.6 Å². The highest BCUT2D eigenvalue weighted by molar-refractivity contribution is 5.92. The summed E-state index contributed by atoms with van der Waals surface area (Å²) < 4.78 is 29.1. The SMILES string of the molecule is COC(=O)c1ccc(N)c(N(C)CC(F)F)c1. The molecule has 1 aromatic rings. The lowest BCUT2D eigenvalue weighted by atomic mass is 10.1. The Balaban J connectivity index is 3.01. The van der Waals surface area contributed by atoms with Crippen LogP contribution in [0.5, 0.6) is 0 Å². The van der Waals surface area contributed by atoms with Crippen molar-refractivity contribution in [1.29, 1.82) is 0 Å². The van der Waals surface area contributed by atoms with Gasteiger partial charge in [-0.15, -0.1) is 0 Å². The summed E-state index contributed by atoms with van der Waals surface area (Å²) in [5, 5.41) is 0. The molecule has 1 aromatic carbocycles. The minimum absolute atomic E-state index is 0.276. The molecule has 0 aliphatic carbocycles. The number of nitrogen functional groups attached to an aromatic ring is 1. The van der Waals surface area contributed by atoms with Gasteiger partial charge in [-0.3, -0.25) is 0 Å². The van der Waals surface area contributed by atoms with Crippen molar-refractivity contribution in [2.45, 2.75) is 6.43 Å². The largest absolute Gasteiger partial charge is 0.465 e. The van der Waals surface area contributed by atoms with Crippen molar-refractivity contribution in [2.24, 2.45) is 0 Å². The van der Waals surface area contributed by atoms with Crippen LogP contribution in [0.3, 0.4) is 0 Å². The lowest BCUT2D eigenvalue weighted by Gasteiger charge is -2.21. The van der Waals surface area contributed by atoms with Crippen LogP contribution in [-0.2, 0) is 4.74 Å². The lowest BCUT2D eigenvalue weighted by molar-refractivity contribution is 0.0601. The zero-order chi connectivity index (χ0) is 13.0. The van der Waals surface area contributed by atoms with E-state index in [1.807, 2.05) is 0 Å². The Kier molecular flexibility index (Phi) is 4.25. The van der Waals surface area contributed by atoms with Crippen LogP contribution in [0.25, 0.3) is 0 Å². The molecule has 0 aliphatic heterocycles. The Morgan fingerprint density at radius 2 is 2.18 bits per heavy atom. The van der Waals surface area contributed by atoms with E-state index in [0.717, 1.165) is 0 Å². The van der Waals surface area contributed by atoms with Crippen molar-refractivity contribution in [3.8, 4) is 0 Å². The monoisotopic (exact) mass is 244 g/mol. The van der Waals surface area contributed by atoms with Crippen LogP contribution < -0.4 is 10.6 Å². The smallest absolute Gasteiger partial charge is 0.337 e. The summed E-state index contributed by atoms with van der Waals surface area (Å²) in [5.41, 5.74) is 6.66. The molecule has 0 aliphatic rings. The molecule has 0 spiro atoms. The summed E-state index contributed by atoms with van der Waals surface area (Å²) in [6.45, 7) is -0.450. The van der Waals surface area contributed by atoms with Gasteiger partial charge in [0.25, 0.3) is 6.43 Å². The first-order valence-electron chi connectivity index (χ1n) is 4.92. The first-order chi connectivity index (χ1) is 7.95. The lowest BCUT2D eigenvalue weighted by Crippen LogP contribution is -2.25. The van der Waals surface area contributed by atoms with Crippen LogP contribution >= 0.6 is 0 Å². The fourth-order valence-electron chi connectivity index (χ4n) is 1.42. The van der Waals surface area contributed by atoms with Crippen LogP contribution in [0.2, 0.25) is 0 Å². The second kappa shape index (κ2) is 5.47. The van der Waals surface area contributed by atoms with Crippen LogP contribution in [-0.4, -0.2) is 33.1 Å². The van der Waals surface area contributed by atoms with E-state index in [0.29, 0.717) is 11.4 Å². The Labute approximate surface area is 98.0 Å². The van der Waals surface area contributed by atoms with E-state index in [2.05, 4.69) is 4.74 Å². The number of hydrogen-bond acceptors (Lipinski definition) is 4. The molecule has 0 fully saturated rings. The van der Waals surface area contributed by atoms with E-state index < -0.39 is 18.9 Å². The molecule has 0 bridgehead atoms. The summed E-state index contributed by atoms with van der Waals surface area (Å²) in [4.78, 5) is 12.6. The highest BCUT2D eigenvalue weighted by Crippen LogP contribution is 2.24. The van der Waals surface area contributed by atoms with Crippen molar-refractivity contribution in [2.75, 3.05) is 31.3 Å². The molecule has 6 heteroatoms. The minimum atomic E-state index is -2.47. The molecule has 94 valence electrons. The summed E-state index contributed by atoms with van der Waals surface area (Å²) in [6, 6.07) is 4.41. The highest BCUT2D eigenvalue weighted by atomic mass is 19.3. The predicted octanol–water partition coefficient (Wildman–Crippen LogP) is 1.76. The molecule has 0 amide bonds. The van der Waals surface area contributed by atoms with Crippen molar-refractivity contribution < 1.29 is 18.3 Å². The van der Waals surface area contributed by atoms with Gasteiger partial charge in [-0.1, -0.05) is 0 Å². The van der Waals surface area contributed by atoms with Gasteiger partial charge in [0.15, 0.2) is 0 Å². The van der Waals surface area contributed by atoms with E-state index >= 15 is 0 Å². The average Bonchev–Trinajstić information content (AvgIpc) is 2.27. The molecule has 0 heterocycles. The van der Waals surface area contributed by atoms with E-state index in [1.54, 1.807) is 0 Å². The number of nitrogens with two attached hydrogens (primary N) is 1. The summed E-state index contributed by atoms with van der Waals surface area (Å²) in [5.74, 6) is -0.531. The fourth-order valence-corrected chi connectivity index (χ4v) is 1.42. The molecule has 0 unspecified atom stereocenters. The second-order valence-electron chi connectivity index (χ2n) is 3.54. The average molecular weight is 244 g/mol. The number of hydrogen-bond donors (Lipinski definition) is 1. The third-order valence-electron chi connectivity index (χ3n) is 2.27. The maximum Gasteiger partial charge on any atom is 0.337 e. The van der Waals surface area contributed by atoms with Crippen LogP contribution in [0.15, 0.2) is 18.2 Å². The molecule has 0 radical (unpaired) electrons. The molecule has 4 nitrogen and oxygen atoms in total. The van der Waals surface area contributed by atoms with Gasteiger partial charge in [-0.2, -0.15) is 0 Å². The Bertz CT molecular complexity index is 410. The van der Waals surface area contributed by atoms with Crippen LogP contribution in [0, 0.1) is 0 Å². The van der Waals surface area contributed by atoms with Gasteiger partial charge >= 0.3 is 5.97 Å². The molecule has 0 saturated heterocycles. The molecular weight excluding hydrogens is 230 g/mol. The van der Waals surface area contributed by atoms with Gasteiger partial charge in [-0.05, 0) is 18.2 Å². The third-order valence-corrected chi connectivity index (χ3v) is 2.27. The number of ether oxygens (including phenoxy) is 1. The van der Waals surface area contributed by atoms with Crippen molar-refractivity contribution in [1.82, 2.24) is 0 Å². The molecule has 2 N–H and O–H groups in total. The van der Waals surface area contributed by atoms with Crippen molar-refractivity contribution in [3.05, 3.63) is 23.8 Å². The normalized spacial score (nSPS) is 10.4. The zero-order valence-electron chi connectivity index (χ0n) is 9.61. The summed E-state index contributed by atoms with van der Waals surface area (Å²) in [7, 11) is 2.74. The number of benzene rings is 1. The number of esters is 1. The maximum atomic E-state index is 12.3. The van der Waals surface area contributed by atoms with Gasteiger partial charge in [0.1, 0.15) is 0 Å². The van der Waals surface area contributed by atoms with Gasteiger partial charge in [0, 0.05) is 7.05 Å². The van der Waals surface area contributed by atoms with Gasteiger partial charge in [0.2, 0.25) is 0 Å². The number of carbonyl (C=O) groups excluding carboxylic acids is 1. The Morgan fingerprint density at radius 1 is 1.53 bits per heavy atom. The number of rotatable bonds is 4. The third kappa shape index (κ3) is 3.30. The first-order valence-corrected chi connectivity index (χ1v) is 4.92.